The molecule has 1 aromatic carbocycles. The molecule has 0 bridgehead atoms. The monoisotopic (exact) mass is 603 g/mol. The molecule has 0 aromatic heterocycles. The summed E-state index contributed by atoms with van der Waals surface area (Å²) in [6.07, 6.45) is 0.154. The third kappa shape index (κ3) is 4.69. The van der Waals surface area contributed by atoms with Crippen molar-refractivity contribution >= 4 is 28.9 Å². The average molecular weight is 604 g/mol. The fourth-order valence-corrected chi connectivity index (χ4v) is 7.86. The molecule has 6 N–H and O–H groups in total. The Morgan fingerprint density at radius 2 is 1.72 bits per heavy atom. The number of ketones is 2. The zero-order valence-electron chi connectivity index (χ0n) is 24.7. The number of alkyl halides is 2. The maximum Gasteiger partial charge on any atom is 0.255 e. The minimum Gasteiger partial charge on any atom is -0.508 e. The van der Waals surface area contributed by atoms with Crippen molar-refractivity contribution < 1.29 is 43.6 Å². The number of carbonyl (C=O) groups is 3. The summed E-state index contributed by atoms with van der Waals surface area (Å²) in [6, 6.07) is 0.675. The van der Waals surface area contributed by atoms with Gasteiger partial charge in [0.05, 0.1) is 11.6 Å². The standard InChI is InChI=1S/C31H39F2N3O7/c1-35(2)19-12-16(9-13-5-7-14(8-6-13)29(32)33)24(37)21-17(19)10-15-11-18-23(36(3)4)26(39)22(30(34)42)28(41)31(18,43)27(40)20(15)25(21)38/h12-15,18,23,29,37-38,41,43H,5-11H2,1-4H3,(H2,34,42)/t13?,14?,15-,18-,23+,31-/m0/s1. The second-order valence-electron chi connectivity index (χ2n) is 12.9. The van der Waals surface area contributed by atoms with Gasteiger partial charge in [0.25, 0.3) is 5.91 Å². The summed E-state index contributed by atoms with van der Waals surface area (Å²) in [5.74, 6) is -7.45. The number of primary amides is 1. The largest absolute Gasteiger partial charge is 0.508 e. The predicted octanol–water partition coefficient (Wildman–Crippen LogP) is 2.64. The molecule has 4 atom stereocenters. The Kier molecular flexibility index (Phi) is 7.83. The normalized spacial score (nSPS) is 30.9. The maximum atomic E-state index is 14.1. The molecule has 4 aliphatic carbocycles. The number of fused-ring (bicyclic) bond motifs is 3. The van der Waals surface area contributed by atoms with E-state index in [2.05, 4.69) is 0 Å². The number of aliphatic hydroxyl groups excluding tert-OH is 2. The molecule has 0 aliphatic heterocycles. The Balaban J connectivity index is 1.62. The third-order valence-corrected chi connectivity index (χ3v) is 10.0. The molecule has 4 aliphatic rings. The van der Waals surface area contributed by atoms with E-state index in [1.807, 2.05) is 11.0 Å². The summed E-state index contributed by atoms with van der Waals surface area (Å²) in [4.78, 5) is 42.8. The van der Waals surface area contributed by atoms with Crippen molar-refractivity contribution in [3.8, 4) is 5.75 Å². The number of nitrogens with two attached hydrogens (primary N) is 1. The number of phenols is 1. The smallest absolute Gasteiger partial charge is 0.255 e. The minimum atomic E-state index is -2.70. The predicted molar refractivity (Wildman–Crippen MR) is 154 cm³/mol. The first-order valence-corrected chi connectivity index (χ1v) is 14.6. The van der Waals surface area contributed by atoms with Crippen LogP contribution in [0.1, 0.15) is 48.8 Å². The van der Waals surface area contributed by atoms with Gasteiger partial charge in [0.2, 0.25) is 12.2 Å². The van der Waals surface area contributed by atoms with Gasteiger partial charge < -0.3 is 31.1 Å². The van der Waals surface area contributed by atoms with Crippen LogP contribution in [-0.2, 0) is 27.2 Å². The number of Topliss-reactive ketones (excluding diaryl/α,β-unsaturated/α-hetero) is 2. The van der Waals surface area contributed by atoms with Crippen LogP contribution >= 0.6 is 0 Å². The first-order valence-electron chi connectivity index (χ1n) is 14.6. The summed E-state index contributed by atoms with van der Waals surface area (Å²) in [5.41, 5.74) is 3.44. The van der Waals surface area contributed by atoms with Crippen LogP contribution in [0.4, 0.5) is 14.5 Å². The highest BCUT2D eigenvalue weighted by Crippen LogP contribution is 2.54. The summed E-state index contributed by atoms with van der Waals surface area (Å²) in [6.45, 7) is 0. The van der Waals surface area contributed by atoms with Gasteiger partial charge in [-0.2, -0.15) is 0 Å². The highest BCUT2D eigenvalue weighted by molar-refractivity contribution is 6.24. The Labute approximate surface area is 248 Å². The molecule has 12 heteroatoms. The van der Waals surface area contributed by atoms with Crippen LogP contribution in [0.25, 0.3) is 5.76 Å². The van der Waals surface area contributed by atoms with Crippen molar-refractivity contribution in [2.24, 2.45) is 29.4 Å². The second-order valence-corrected chi connectivity index (χ2v) is 12.9. The van der Waals surface area contributed by atoms with Crippen molar-refractivity contribution in [2.45, 2.75) is 63.0 Å². The van der Waals surface area contributed by atoms with Gasteiger partial charge in [-0.05, 0) is 88.1 Å². The molecule has 1 amide bonds. The number of hydrogen-bond donors (Lipinski definition) is 5. The van der Waals surface area contributed by atoms with Crippen molar-refractivity contribution in [2.75, 3.05) is 33.1 Å². The van der Waals surface area contributed by atoms with E-state index in [1.54, 1.807) is 28.2 Å². The Hall–Kier alpha value is -3.51. The van der Waals surface area contributed by atoms with Crippen LogP contribution in [0, 0.1) is 23.7 Å². The molecule has 10 nitrogen and oxygen atoms in total. The van der Waals surface area contributed by atoms with E-state index >= 15 is 0 Å². The number of aromatic hydroxyl groups is 1. The number of aliphatic hydroxyl groups is 3. The van der Waals surface area contributed by atoms with Crippen LogP contribution in [-0.4, -0.2) is 89.1 Å². The zero-order valence-corrected chi connectivity index (χ0v) is 24.7. The lowest BCUT2D eigenvalue weighted by Gasteiger charge is -2.50. The van der Waals surface area contributed by atoms with Gasteiger partial charge >= 0.3 is 0 Å². The second kappa shape index (κ2) is 10.9. The summed E-state index contributed by atoms with van der Waals surface area (Å²) in [7, 11) is 6.72. The van der Waals surface area contributed by atoms with Gasteiger partial charge in [-0.1, -0.05) is 0 Å². The number of amides is 1. The Morgan fingerprint density at radius 3 is 2.26 bits per heavy atom. The molecule has 0 saturated heterocycles. The zero-order chi connectivity index (χ0) is 31.7. The molecule has 43 heavy (non-hydrogen) atoms. The van der Waals surface area contributed by atoms with Crippen molar-refractivity contribution in [3.63, 3.8) is 0 Å². The van der Waals surface area contributed by atoms with E-state index in [9.17, 15) is 43.6 Å². The number of benzene rings is 1. The summed E-state index contributed by atoms with van der Waals surface area (Å²) >= 11 is 0. The molecule has 2 saturated carbocycles. The molecule has 2 fully saturated rings. The lowest BCUT2D eigenvalue weighted by Crippen LogP contribution is -2.65. The molecular formula is C31H39F2N3O7. The molecule has 234 valence electrons. The van der Waals surface area contributed by atoms with Gasteiger partial charge in [-0.25, -0.2) is 8.78 Å². The first kappa shape index (κ1) is 30.9. The molecule has 0 spiro atoms. The van der Waals surface area contributed by atoms with E-state index in [4.69, 9.17) is 5.73 Å². The highest BCUT2D eigenvalue weighted by atomic mass is 19.3. The third-order valence-electron chi connectivity index (χ3n) is 10.0. The molecule has 5 rings (SSSR count). The van der Waals surface area contributed by atoms with Crippen molar-refractivity contribution in [1.29, 1.82) is 0 Å². The molecule has 0 radical (unpaired) electrons. The summed E-state index contributed by atoms with van der Waals surface area (Å²) < 4.78 is 26.4. The van der Waals surface area contributed by atoms with Crippen LogP contribution in [0.15, 0.2) is 23.0 Å². The number of likely N-dealkylation sites (N-methyl/N-ethyl adjacent to an activating group) is 1. The van der Waals surface area contributed by atoms with Gasteiger partial charge in [-0.15, -0.1) is 0 Å². The number of rotatable bonds is 6. The van der Waals surface area contributed by atoms with Crippen LogP contribution in [0.5, 0.6) is 5.75 Å². The van der Waals surface area contributed by atoms with Gasteiger partial charge in [0.15, 0.2) is 11.4 Å². The van der Waals surface area contributed by atoms with Crippen molar-refractivity contribution in [3.05, 3.63) is 39.7 Å². The quantitative estimate of drug-likeness (QED) is 0.308. The van der Waals surface area contributed by atoms with E-state index in [1.165, 1.54) is 4.90 Å². The van der Waals surface area contributed by atoms with E-state index in [0.717, 1.165) is 0 Å². The topological polar surface area (TPSA) is 165 Å². The minimum absolute atomic E-state index is 0.00845. The first-order chi connectivity index (χ1) is 20.1. The number of hydrogen-bond acceptors (Lipinski definition) is 9. The maximum absolute atomic E-state index is 14.1. The molecule has 1 aromatic rings. The molecule has 0 unspecified atom stereocenters. The average Bonchev–Trinajstić information content (AvgIpc) is 2.92. The lowest BCUT2D eigenvalue weighted by molar-refractivity contribution is -0.153. The number of anilines is 1. The van der Waals surface area contributed by atoms with Crippen LogP contribution in [0.2, 0.25) is 0 Å². The lowest BCUT2D eigenvalue weighted by atomic mass is 9.57. The number of carbonyl (C=O) groups excluding carboxylic acids is 3. The molecule has 0 heterocycles. The fraction of sp³-hybridized carbons (Fsp3) is 0.581. The van der Waals surface area contributed by atoms with Gasteiger partial charge in [-0.3, -0.25) is 19.3 Å². The SMILES string of the molecule is CN(C)c1cc(CC2CCC(C(F)F)CC2)c(O)c2c1C[C@H]1C[C@H]3[C@@H](N(C)C)C(=O)C(C(N)=O)=C(O)[C@@]3(O)C(=O)C1=C2O. The molecular weight excluding hydrogens is 564 g/mol. The Bertz CT molecular complexity index is 1440. The van der Waals surface area contributed by atoms with Gasteiger partial charge in [0.1, 0.15) is 22.8 Å². The van der Waals surface area contributed by atoms with Crippen LogP contribution < -0.4 is 10.6 Å². The van der Waals surface area contributed by atoms with Crippen LogP contribution in [0.3, 0.4) is 0 Å². The number of phenolic OH excluding ortho intramolecular Hbond substituents is 1. The van der Waals surface area contributed by atoms with E-state index in [-0.39, 0.29) is 35.6 Å². The fourth-order valence-electron chi connectivity index (χ4n) is 7.86. The number of nitrogens with zero attached hydrogens (tertiary/aromatic N) is 2. The summed E-state index contributed by atoms with van der Waals surface area (Å²) in [5, 5.41) is 46.0. The van der Waals surface area contributed by atoms with Crippen molar-refractivity contribution in [1.82, 2.24) is 4.90 Å². The van der Waals surface area contributed by atoms with E-state index in [0.29, 0.717) is 48.9 Å². The number of halogens is 2. The van der Waals surface area contributed by atoms with E-state index < -0.39 is 70.4 Å². The Morgan fingerprint density at radius 1 is 1.09 bits per heavy atom. The highest BCUT2D eigenvalue weighted by Gasteiger charge is 2.64. The van der Waals surface area contributed by atoms with Gasteiger partial charge in [0, 0.05) is 37.2 Å².